The van der Waals surface area contributed by atoms with Crippen LogP contribution in [0.25, 0.3) is 96.4 Å². The molecule has 0 amide bonds. The van der Waals surface area contributed by atoms with E-state index in [1.165, 1.54) is 74.6 Å². The highest BCUT2D eigenvalue weighted by Gasteiger charge is 2.46. The quantitative estimate of drug-likeness (QED) is 0.112. The number of hydrogen-bond donors (Lipinski definition) is 0. The normalized spacial score (nSPS) is 13.1. The van der Waals surface area contributed by atoms with E-state index in [0.29, 0.717) is 0 Å². The number of benzene rings is 15. The summed E-state index contributed by atoms with van der Waals surface area (Å²) >= 11 is 1.92. The molecule has 0 N–H and O–H groups in total. The molecule has 0 spiro atoms. The maximum Gasteiger partial charge on any atom is 0.254 e. The van der Waals surface area contributed by atoms with Crippen molar-refractivity contribution in [3.8, 4) is 0 Å². The van der Waals surface area contributed by atoms with Crippen LogP contribution >= 0.6 is 11.3 Å². The molecule has 2 aliphatic heterocycles. The molecule has 15 aromatic carbocycles. The Morgan fingerprint density at radius 1 is 0.337 bits per heavy atom. The van der Waals surface area contributed by atoms with Gasteiger partial charge in [0.05, 0.1) is 28.1 Å². The lowest BCUT2D eigenvalue weighted by molar-refractivity contribution is 0.590. The van der Waals surface area contributed by atoms with Gasteiger partial charge in [0, 0.05) is 81.8 Å². The van der Waals surface area contributed by atoms with Gasteiger partial charge in [0.2, 0.25) is 0 Å². The summed E-state index contributed by atoms with van der Waals surface area (Å²) in [7, 11) is 0. The predicted molar refractivity (Wildman–Crippen MR) is 418 cm³/mol. The third kappa shape index (κ3) is 8.40. The second-order valence-electron chi connectivity index (χ2n) is 28.8. The largest absolute Gasteiger partial charge is 0.456 e. The third-order valence-corrected chi connectivity index (χ3v) is 22.3. The van der Waals surface area contributed by atoms with Crippen molar-refractivity contribution in [1.82, 2.24) is 0 Å². The van der Waals surface area contributed by atoms with Crippen LogP contribution in [-0.2, 0) is 10.8 Å². The summed E-state index contributed by atoms with van der Waals surface area (Å²) in [6.45, 7) is 13.6. The van der Waals surface area contributed by atoms with Gasteiger partial charge in [-0.05, 0) is 180 Å². The Balaban J connectivity index is 0.929. The van der Waals surface area contributed by atoms with Crippen molar-refractivity contribution in [2.24, 2.45) is 0 Å². The molecule has 0 radical (unpaired) electrons. The second-order valence-corrected chi connectivity index (χ2v) is 29.8. The standard InChI is InChI=1S/C90H65BN4O2S/c1-89(2,3)57-37-41-60(42-38-57)93-73-50-47-67-65-24-12-15-32-81(65)98-88(67)86(73)91-70-48-45-62(95(74-28-17-26-66-64-23-10-13-29-78(64)97-87(66)74)71-49-36-56-34-33-54-19-16-20-55-35-46-68(71)83(56)82(54)55)51-75(70)94(61-43-39-58(40-44-61)90(4,5)6)77-53-63(52-76(93)85(77)91)92(59-21-8-7-9-22-59)72-27-18-31-80-84(72)69-25-11-14-30-79(69)96-80/h7-53H,1-6H3. The summed E-state index contributed by atoms with van der Waals surface area (Å²) in [4.78, 5) is 10.1. The molecule has 0 saturated carbocycles. The minimum atomic E-state index is -0.228. The lowest BCUT2D eigenvalue weighted by Crippen LogP contribution is -2.61. The SMILES string of the molecule is CC(C)(C)c1ccc(N2c3cc(N(c4ccc5ccc6cccc7ccc4c5c67)c4cccc5c4oc4ccccc45)ccc3B3c4c2cc(N(c2ccccc2)c2cccc5oc6ccccc6c25)cc4N(c2ccc(C(C)(C)C)cc2)c2ccc4c(sc5ccccc54)c23)cc1. The van der Waals surface area contributed by atoms with Gasteiger partial charge in [0.15, 0.2) is 5.58 Å². The molecular weight excluding hydrogens is 1210 g/mol. The van der Waals surface area contributed by atoms with Crippen molar-refractivity contribution in [2.45, 2.75) is 52.4 Å². The van der Waals surface area contributed by atoms with Crippen molar-refractivity contribution in [2.75, 3.05) is 19.6 Å². The lowest BCUT2D eigenvalue weighted by Gasteiger charge is -2.45. The Labute approximate surface area is 572 Å². The van der Waals surface area contributed by atoms with Gasteiger partial charge in [0.1, 0.15) is 16.7 Å². The first-order chi connectivity index (χ1) is 47.9. The number of thiophene rings is 1. The van der Waals surface area contributed by atoms with Crippen molar-refractivity contribution in [3.63, 3.8) is 0 Å². The summed E-state index contributed by atoms with van der Waals surface area (Å²) in [5.74, 6) is 0. The fourth-order valence-electron chi connectivity index (χ4n) is 16.5. The van der Waals surface area contributed by atoms with E-state index >= 15 is 0 Å². The fourth-order valence-corrected chi connectivity index (χ4v) is 17.7. The minimum absolute atomic E-state index is 0.0556. The fraction of sp³-hybridized carbons (Fsp3) is 0.0889. The average molecular weight is 1280 g/mol. The highest BCUT2D eigenvalue weighted by molar-refractivity contribution is 7.28. The monoisotopic (exact) mass is 1280 g/mol. The minimum Gasteiger partial charge on any atom is -0.456 e. The summed E-state index contributed by atoms with van der Waals surface area (Å²) in [5, 5.41) is 14.2. The van der Waals surface area contributed by atoms with E-state index in [1.54, 1.807) is 0 Å². The van der Waals surface area contributed by atoms with E-state index in [0.717, 1.165) is 118 Å². The first-order valence-corrected chi connectivity index (χ1v) is 34.9. The number of hydrogen-bond acceptors (Lipinski definition) is 7. The molecule has 0 aliphatic carbocycles. The molecule has 18 aromatic rings. The van der Waals surface area contributed by atoms with Crippen molar-refractivity contribution >= 4 is 199 Å². The van der Waals surface area contributed by atoms with Gasteiger partial charge in [-0.3, -0.25) is 0 Å². The molecule has 0 saturated heterocycles. The molecule has 0 bridgehead atoms. The Morgan fingerprint density at radius 2 is 0.898 bits per heavy atom. The van der Waals surface area contributed by atoms with E-state index in [4.69, 9.17) is 8.83 Å². The third-order valence-electron chi connectivity index (χ3n) is 21.1. The summed E-state index contributed by atoms with van der Waals surface area (Å²) in [6.07, 6.45) is 0. The van der Waals surface area contributed by atoms with E-state index in [-0.39, 0.29) is 17.5 Å². The van der Waals surface area contributed by atoms with Gasteiger partial charge in [-0.1, -0.05) is 217 Å². The summed E-state index contributed by atoms with van der Waals surface area (Å²) in [5.41, 5.74) is 22.2. The maximum absolute atomic E-state index is 7.14. The number of furan rings is 2. The molecule has 0 fully saturated rings. The van der Waals surface area contributed by atoms with E-state index in [2.05, 4.69) is 346 Å². The van der Waals surface area contributed by atoms with Gasteiger partial charge in [-0.25, -0.2) is 0 Å². The number of fused-ring (bicyclic) bond motifs is 14. The first-order valence-electron chi connectivity index (χ1n) is 34.1. The van der Waals surface area contributed by atoms with Crippen LogP contribution in [0.15, 0.2) is 294 Å². The molecular formula is C90H65BN4O2S. The average Bonchev–Trinajstić information content (AvgIpc) is 0.924. The van der Waals surface area contributed by atoms with Crippen molar-refractivity contribution < 1.29 is 8.83 Å². The molecule has 3 aromatic heterocycles. The highest BCUT2D eigenvalue weighted by atomic mass is 32.1. The van der Waals surface area contributed by atoms with E-state index < -0.39 is 0 Å². The van der Waals surface area contributed by atoms with Crippen LogP contribution in [0.3, 0.4) is 0 Å². The Kier molecular flexibility index (Phi) is 12.1. The number of rotatable bonds is 8. The van der Waals surface area contributed by atoms with Crippen LogP contribution in [0.5, 0.6) is 0 Å². The smallest absolute Gasteiger partial charge is 0.254 e. The van der Waals surface area contributed by atoms with Crippen LogP contribution in [-0.4, -0.2) is 6.71 Å². The molecule has 0 unspecified atom stereocenters. The first kappa shape index (κ1) is 56.7. The Morgan fingerprint density at radius 3 is 1.62 bits per heavy atom. The zero-order chi connectivity index (χ0) is 65.4. The van der Waals surface area contributed by atoms with Gasteiger partial charge in [-0.2, -0.15) is 0 Å². The molecule has 5 heterocycles. The van der Waals surface area contributed by atoms with Crippen LogP contribution in [0.1, 0.15) is 52.7 Å². The molecule has 2 aliphatic rings. The van der Waals surface area contributed by atoms with Crippen LogP contribution in [0.4, 0.5) is 68.2 Å². The number of para-hydroxylation sites is 4. The van der Waals surface area contributed by atoms with E-state index in [9.17, 15) is 0 Å². The molecule has 8 heteroatoms. The summed E-state index contributed by atoms with van der Waals surface area (Å²) in [6, 6.07) is 106. The zero-order valence-corrected chi connectivity index (χ0v) is 56.0. The molecule has 98 heavy (non-hydrogen) atoms. The van der Waals surface area contributed by atoms with Crippen molar-refractivity contribution in [3.05, 3.63) is 296 Å². The predicted octanol–water partition coefficient (Wildman–Crippen LogP) is 24.4. The van der Waals surface area contributed by atoms with Gasteiger partial charge in [-0.15, -0.1) is 11.3 Å². The van der Waals surface area contributed by atoms with E-state index in [1.807, 2.05) is 11.3 Å². The second kappa shape index (κ2) is 21.0. The van der Waals surface area contributed by atoms with Gasteiger partial charge >= 0.3 is 0 Å². The van der Waals surface area contributed by atoms with Gasteiger partial charge in [0.25, 0.3) is 6.71 Å². The van der Waals surface area contributed by atoms with Gasteiger partial charge < -0.3 is 28.4 Å². The number of nitrogens with zero attached hydrogens (tertiary/aromatic N) is 4. The topological polar surface area (TPSA) is 39.2 Å². The Hall–Kier alpha value is -11.6. The number of anilines is 12. The molecule has 466 valence electrons. The van der Waals surface area contributed by atoms with Crippen LogP contribution in [0.2, 0.25) is 0 Å². The Bertz CT molecular complexity index is 6300. The molecule has 6 nitrogen and oxygen atoms in total. The molecule has 20 rings (SSSR count). The van der Waals surface area contributed by atoms with Crippen LogP contribution < -0.4 is 36.0 Å². The summed E-state index contributed by atoms with van der Waals surface area (Å²) < 4.78 is 16.5. The highest BCUT2D eigenvalue weighted by Crippen LogP contribution is 2.54. The van der Waals surface area contributed by atoms with Crippen LogP contribution in [0, 0.1) is 0 Å². The molecule has 0 atom stereocenters. The van der Waals surface area contributed by atoms with Crippen molar-refractivity contribution in [1.29, 1.82) is 0 Å². The lowest BCUT2D eigenvalue weighted by atomic mass is 9.33. The zero-order valence-electron chi connectivity index (χ0n) is 55.2. The maximum atomic E-state index is 7.14.